The molecule has 3 rings (SSSR count). The van der Waals surface area contributed by atoms with Crippen molar-refractivity contribution >= 4 is 27.0 Å². The minimum Gasteiger partial charge on any atom is -0.490 e. The van der Waals surface area contributed by atoms with E-state index in [1.54, 1.807) is 18.2 Å². The van der Waals surface area contributed by atoms with E-state index in [1.807, 2.05) is 25.1 Å². The summed E-state index contributed by atoms with van der Waals surface area (Å²) in [6, 6.07) is 13.4. The highest BCUT2D eigenvalue weighted by Crippen LogP contribution is 2.25. The van der Waals surface area contributed by atoms with E-state index in [1.165, 1.54) is 26.2 Å². The number of sulfonamides is 1. The van der Waals surface area contributed by atoms with Crippen LogP contribution < -0.4 is 4.74 Å². The van der Waals surface area contributed by atoms with Crippen molar-refractivity contribution in [1.82, 2.24) is 4.31 Å². The molecule has 0 saturated carbocycles. The molecule has 28 heavy (non-hydrogen) atoms. The standard InChI is InChI=1S/C20H21NO6S/c1-14-17-6-4-5-7-18(17)27-19(14)20(22)26-13-12-25-15-8-10-16(11-9-15)28(23,24)21(2)3/h4-11H,12-13H2,1-3H3. The monoisotopic (exact) mass is 403 g/mol. The highest BCUT2D eigenvalue weighted by atomic mass is 32.2. The van der Waals surface area contributed by atoms with Gasteiger partial charge in [-0.05, 0) is 37.3 Å². The minimum atomic E-state index is -3.48. The van der Waals surface area contributed by atoms with Crippen molar-refractivity contribution in [2.75, 3.05) is 27.3 Å². The average molecular weight is 403 g/mol. The molecule has 0 aliphatic rings. The number of hydrogen-bond donors (Lipinski definition) is 0. The molecule has 0 aliphatic carbocycles. The summed E-state index contributed by atoms with van der Waals surface area (Å²) < 4.78 is 41.5. The van der Waals surface area contributed by atoms with E-state index in [-0.39, 0.29) is 23.9 Å². The van der Waals surface area contributed by atoms with Crippen LogP contribution in [0.15, 0.2) is 57.8 Å². The Kier molecular flexibility index (Phi) is 5.71. The Balaban J connectivity index is 1.54. The number of esters is 1. The first-order chi connectivity index (χ1) is 13.3. The van der Waals surface area contributed by atoms with Crippen LogP contribution in [0.25, 0.3) is 11.0 Å². The maximum Gasteiger partial charge on any atom is 0.374 e. The van der Waals surface area contributed by atoms with Crippen LogP contribution in [0.4, 0.5) is 0 Å². The summed E-state index contributed by atoms with van der Waals surface area (Å²) in [5.74, 6) is 0.109. The van der Waals surface area contributed by atoms with Gasteiger partial charge in [0.15, 0.2) is 0 Å². The number of ether oxygens (including phenoxy) is 2. The molecule has 0 N–H and O–H groups in total. The van der Waals surface area contributed by atoms with Crippen LogP contribution in [0, 0.1) is 6.92 Å². The van der Waals surface area contributed by atoms with Crippen molar-refractivity contribution in [2.45, 2.75) is 11.8 Å². The van der Waals surface area contributed by atoms with Crippen molar-refractivity contribution in [3.8, 4) is 5.75 Å². The summed E-state index contributed by atoms with van der Waals surface area (Å²) >= 11 is 0. The summed E-state index contributed by atoms with van der Waals surface area (Å²) in [6.07, 6.45) is 0. The van der Waals surface area contributed by atoms with E-state index in [9.17, 15) is 13.2 Å². The Morgan fingerprint density at radius 1 is 1.04 bits per heavy atom. The lowest BCUT2D eigenvalue weighted by Gasteiger charge is -2.12. The van der Waals surface area contributed by atoms with Crippen molar-refractivity contribution in [2.24, 2.45) is 0 Å². The molecule has 0 fully saturated rings. The Hall–Kier alpha value is -2.84. The molecule has 8 heteroatoms. The van der Waals surface area contributed by atoms with E-state index < -0.39 is 16.0 Å². The van der Waals surface area contributed by atoms with E-state index in [0.29, 0.717) is 11.3 Å². The second kappa shape index (κ2) is 8.04. The molecule has 0 atom stereocenters. The fraction of sp³-hybridized carbons (Fsp3) is 0.250. The van der Waals surface area contributed by atoms with Crippen LogP contribution in [0.2, 0.25) is 0 Å². The number of hydrogen-bond acceptors (Lipinski definition) is 6. The molecule has 1 aromatic heterocycles. The van der Waals surface area contributed by atoms with Gasteiger partial charge in [-0.25, -0.2) is 17.5 Å². The number of carbonyl (C=O) groups excluding carboxylic acids is 1. The third-order valence-corrected chi connectivity index (χ3v) is 6.05. The Morgan fingerprint density at radius 2 is 1.71 bits per heavy atom. The van der Waals surface area contributed by atoms with Gasteiger partial charge >= 0.3 is 5.97 Å². The number of benzene rings is 2. The molecular formula is C20H21NO6S. The van der Waals surface area contributed by atoms with Gasteiger partial charge in [0.25, 0.3) is 0 Å². The van der Waals surface area contributed by atoms with Gasteiger partial charge in [-0.1, -0.05) is 18.2 Å². The molecule has 148 valence electrons. The van der Waals surface area contributed by atoms with Crippen molar-refractivity contribution in [3.63, 3.8) is 0 Å². The highest BCUT2D eigenvalue weighted by molar-refractivity contribution is 7.89. The van der Waals surface area contributed by atoms with E-state index in [4.69, 9.17) is 13.9 Å². The first kappa shape index (κ1) is 19.9. The quantitative estimate of drug-likeness (QED) is 0.445. The van der Waals surface area contributed by atoms with Crippen LogP contribution in [0.3, 0.4) is 0 Å². The van der Waals surface area contributed by atoms with Gasteiger partial charge in [0, 0.05) is 25.0 Å². The molecule has 0 saturated heterocycles. The van der Waals surface area contributed by atoms with Crippen molar-refractivity contribution < 1.29 is 27.1 Å². The van der Waals surface area contributed by atoms with Crippen LogP contribution in [-0.4, -0.2) is 46.0 Å². The molecule has 3 aromatic rings. The number of rotatable bonds is 7. The zero-order valence-electron chi connectivity index (χ0n) is 15.8. The predicted octanol–water partition coefficient (Wildman–Crippen LogP) is 3.23. The Morgan fingerprint density at radius 3 is 2.36 bits per heavy atom. The third-order valence-electron chi connectivity index (χ3n) is 4.22. The lowest BCUT2D eigenvalue weighted by Crippen LogP contribution is -2.22. The minimum absolute atomic E-state index is 0.0348. The van der Waals surface area contributed by atoms with Crippen molar-refractivity contribution in [3.05, 3.63) is 59.9 Å². The summed E-state index contributed by atoms with van der Waals surface area (Å²) in [7, 11) is -0.538. The molecule has 2 aromatic carbocycles. The summed E-state index contributed by atoms with van der Waals surface area (Å²) in [4.78, 5) is 12.4. The molecule has 7 nitrogen and oxygen atoms in total. The van der Waals surface area contributed by atoms with E-state index in [2.05, 4.69) is 0 Å². The average Bonchev–Trinajstić information content (AvgIpc) is 3.02. The summed E-state index contributed by atoms with van der Waals surface area (Å²) in [6.45, 7) is 1.97. The number of nitrogens with zero attached hydrogens (tertiary/aromatic N) is 1. The largest absolute Gasteiger partial charge is 0.490 e. The van der Waals surface area contributed by atoms with Crippen LogP contribution in [0.5, 0.6) is 5.75 Å². The second-order valence-corrected chi connectivity index (χ2v) is 8.45. The van der Waals surface area contributed by atoms with Gasteiger partial charge in [-0.15, -0.1) is 0 Å². The lowest BCUT2D eigenvalue weighted by atomic mass is 10.1. The van der Waals surface area contributed by atoms with Crippen LogP contribution >= 0.6 is 0 Å². The normalized spacial score (nSPS) is 11.7. The van der Waals surface area contributed by atoms with E-state index in [0.717, 1.165) is 15.3 Å². The molecule has 0 radical (unpaired) electrons. The SMILES string of the molecule is Cc1c(C(=O)OCCOc2ccc(S(=O)(=O)N(C)C)cc2)oc2ccccc12. The molecular weight excluding hydrogens is 382 g/mol. The maximum absolute atomic E-state index is 12.2. The number of aryl methyl sites for hydroxylation is 1. The second-order valence-electron chi connectivity index (χ2n) is 6.30. The molecule has 1 heterocycles. The summed E-state index contributed by atoms with van der Waals surface area (Å²) in [5.41, 5.74) is 1.37. The smallest absolute Gasteiger partial charge is 0.374 e. The van der Waals surface area contributed by atoms with Crippen LogP contribution in [-0.2, 0) is 14.8 Å². The summed E-state index contributed by atoms with van der Waals surface area (Å²) in [5, 5.41) is 0.874. The molecule has 0 aliphatic heterocycles. The topological polar surface area (TPSA) is 86.0 Å². The maximum atomic E-state index is 12.2. The Bertz CT molecular complexity index is 1080. The number of carbonyl (C=O) groups is 1. The number of fused-ring (bicyclic) bond motifs is 1. The van der Waals surface area contributed by atoms with E-state index >= 15 is 0 Å². The first-order valence-corrected chi connectivity index (χ1v) is 10.1. The van der Waals surface area contributed by atoms with Gasteiger partial charge < -0.3 is 13.9 Å². The zero-order valence-corrected chi connectivity index (χ0v) is 16.7. The van der Waals surface area contributed by atoms with Gasteiger partial charge in [-0.3, -0.25) is 0 Å². The molecule has 0 spiro atoms. The highest BCUT2D eigenvalue weighted by Gasteiger charge is 2.19. The van der Waals surface area contributed by atoms with Crippen LogP contribution in [0.1, 0.15) is 16.1 Å². The molecule has 0 bridgehead atoms. The van der Waals surface area contributed by atoms with Gasteiger partial charge in [-0.2, -0.15) is 0 Å². The third kappa shape index (κ3) is 4.02. The Labute approximate surface area is 163 Å². The predicted molar refractivity (Wildman–Crippen MR) is 104 cm³/mol. The number of furan rings is 1. The van der Waals surface area contributed by atoms with Gasteiger partial charge in [0.1, 0.15) is 24.5 Å². The van der Waals surface area contributed by atoms with Crippen molar-refractivity contribution in [1.29, 1.82) is 0 Å². The molecule has 0 amide bonds. The fourth-order valence-corrected chi connectivity index (χ4v) is 3.55. The van der Waals surface area contributed by atoms with Gasteiger partial charge in [0.05, 0.1) is 4.90 Å². The first-order valence-electron chi connectivity index (χ1n) is 8.61. The number of para-hydroxylation sites is 1. The molecule has 0 unspecified atom stereocenters. The fourth-order valence-electron chi connectivity index (χ4n) is 2.65. The zero-order chi connectivity index (χ0) is 20.3. The lowest BCUT2D eigenvalue weighted by molar-refractivity contribution is 0.0416. The van der Waals surface area contributed by atoms with Gasteiger partial charge in [0.2, 0.25) is 15.8 Å².